The number of ether oxygens (including phenoxy) is 2. The minimum absolute atomic E-state index is 0. The van der Waals surface area contributed by atoms with Crippen LogP contribution in [0.25, 0.3) is 0 Å². The normalized spacial score (nSPS) is 25.2. The van der Waals surface area contributed by atoms with E-state index in [4.69, 9.17) is 16.0 Å². The molecule has 0 aromatic rings. The molecular weight excluding hydrogens is 582 g/mol. The number of methoxy groups -OCH3 is 1. The summed E-state index contributed by atoms with van der Waals surface area (Å²) in [6.07, 6.45) is 2.80. The molecule has 3 fully saturated rings. The first-order chi connectivity index (χ1) is 15.0. The molecule has 3 aliphatic rings. The van der Waals surface area contributed by atoms with Crippen molar-refractivity contribution in [2.45, 2.75) is 53.9 Å². The number of aliphatic hydroxyl groups is 1. The Morgan fingerprint density at radius 2 is 1.69 bits per heavy atom. The van der Waals surface area contributed by atoms with Gasteiger partial charge >= 0.3 is 21.1 Å². The van der Waals surface area contributed by atoms with Crippen molar-refractivity contribution in [3.8, 4) is 0 Å². The summed E-state index contributed by atoms with van der Waals surface area (Å²) in [7, 11) is 5.76. The topological polar surface area (TPSA) is 93.1 Å². The average molecular weight is 626 g/mol. The molecule has 2 heterocycles. The smallest absolute Gasteiger partial charge is 0.566 e. The van der Waals surface area contributed by atoms with Crippen molar-refractivity contribution >= 4 is 17.6 Å². The number of carbonyl (C=O) groups is 3. The van der Waals surface area contributed by atoms with E-state index in [2.05, 4.69) is 27.8 Å². The third-order valence-corrected chi connectivity index (χ3v) is 5.56. The molecule has 0 bridgehead atoms. The fourth-order valence-electron chi connectivity index (χ4n) is 3.26. The zero-order valence-electron chi connectivity index (χ0n) is 21.8. The number of nitrogens with zero attached hydrogens (tertiary/aromatic N) is 1. The average Bonchev–Trinajstić information content (AvgIpc) is 3.17. The largest absolute Gasteiger partial charge is 2.00 e. The van der Waals surface area contributed by atoms with E-state index in [1.165, 1.54) is 11.9 Å². The zero-order valence-corrected chi connectivity index (χ0v) is 23.7. The molecule has 0 spiro atoms. The molecule has 3 unspecified atom stereocenters. The number of carbonyl (C=O) groups excluding carboxylic acids is 3. The van der Waals surface area contributed by atoms with Crippen LogP contribution in [-0.4, -0.2) is 61.6 Å². The van der Waals surface area contributed by atoms with Gasteiger partial charge in [-0.25, -0.2) is 7.98 Å². The van der Waals surface area contributed by atoms with Crippen molar-refractivity contribution in [2.75, 3.05) is 34.0 Å². The van der Waals surface area contributed by atoms with Gasteiger partial charge in [-0.15, -0.1) is 0 Å². The molecule has 0 aromatic carbocycles. The van der Waals surface area contributed by atoms with E-state index in [0.717, 1.165) is 51.3 Å². The summed E-state index contributed by atoms with van der Waals surface area (Å²) in [4.78, 5) is 34.1. The zero-order chi connectivity index (χ0) is 25.5. The van der Waals surface area contributed by atoms with E-state index in [1.54, 1.807) is 27.9 Å². The van der Waals surface area contributed by atoms with Gasteiger partial charge in [0.2, 0.25) is 11.8 Å². The molecule has 3 rings (SSSR count). The Morgan fingerprint density at radius 3 is 1.81 bits per heavy atom. The summed E-state index contributed by atoms with van der Waals surface area (Å²) < 4.78 is 15.5. The van der Waals surface area contributed by atoms with Gasteiger partial charge in [0.1, 0.15) is 0 Å². The number of Topliss-reactive ketones (excluding diaryl/α,β-unsaturated/α-hetero) is 1. The Morgan fingerprint density at radius 1 is 1.25 bits per heavy atom. The van der Waals surface area contributed by atoms with Gasteiger partial charge in [0.25, 0.3) is 0 Å². The third-order valence-electron chi connectivity index (χ3n) is 5.56. The Kier molecular flexibility index (Phi) is 18.3. The molecule has 8 heteroatoms. The van der Waals surface area contributed by atoms with Crippen LogP contribution in [0.3, 0.4) is 0 Å². The number of imide groups is 1. The van der Waals surface area contributed by atoms with Crippen LogP contribution in [0, 0.1) is 37.2 Å². The second-order valence-corrected chi connectivity index (χ2v) is 8.52. The van der Waals surface area contributed by atoms with Crippen LogP contribution in [0.1, 0.15) is 55.3 Å². The number of amides is 2. The first-order valence-corrected chi connectivity index (χ1v) is 10.5. The third kappa shape index (κ3) is 11.3. The Labute approximate surface area is 211 Å². The summed E-state index contributed by atoms with van der Waals surface area (Å²) in [5.41, 5.74) is 1.16. The number of ketones is 1. The predicted molar refractivity (Wildman–Crippen MR) is 122 cm³/mol. The van der Waals surface area contributed by atoms with E-state index in [-0.39, 0.29) is 50.5 Å². The van der Waals surface area contributed by atoms with Gasteiger partial charge in [-0.1, -0.05) is 40.7 Å². The summed E-state index contributed by atoms with van der Waals surface area (Å²) in [6.45, 7) is 16.7. The predicted octanol–water partition coefficient (Wildman–Crippen LogP) is 3.85. The Bertz CT molecular complexity index is 562. The van der Waals surface area contributed by atoms with Gasteiger partial charge in [-0.3, -0.25) is 19.3 Å². The van der Waals surface area contributed by atoms with Crippen LogP contribution in [0.2, 0.25) is 0 Å². The first-order valence-electron chi connectivity index (χ1n) is 11.2. The number of allylic oxidation sites excluding steroid dienone is 1. The molecule has 2 saturated heterocycles. The minimum Gasteiger partial charge on any atom is -0.566 e. The molecule has 2 amide bonds. The molecular formula is C24H43NO6W. The summed E-state index contributed by atoms with van der Waals surface area (Å²) in [5, 5.41) is 7.44. The molecule has 0 radical (unpaired) electrons. The number of rotatable bonds is 3. The standard InChI is InChI=1S/C8H12O.C7H11NO2.C6H12O2.C2H5O.CH3.W/c1-3-7-4-6(2)8(9)5-7;1-4-5(2)7(10)8(3)6(4)9;1-6(3-7-2)4-8-5-6;1-2-3;;/h7H,2-5H2,1H3;4-5H,1-3H3;3-5H2,1-2H3;2-3H,1H3;1H3;/q;;;2*-1;+2/i;;;;1D;. The minimum atomic E-state index is -0.127. The molecule has 32 heavy (non-hydrogen) atoms. The van der Waals surface area contributed by atoms with Gasteiger partial charge in [-0.2, -0.15) is 6.92 Å². The van der Waals surface area contributed by atoms with E-state index < -0.39 is 0 Å². The van der Waals surface area contributed by atoms with Gasteiger partial charge in [0.15, 0.2) is 5.78 Å². The maximum absolute atomic E-state index is 11.0. The van der Waals surface area contributed by atoms with Crippen molar-refractivity contribution in [2.24, 2.45) is 23.2 Å². The fourth-order valence-corrected chi connectivity index (χ4v) is 3.26. The number of hydrogen-bond acceptors (Lipinski definition) is 6. The molecule has 3 atom stereocenters. The van der Waals surface area contributed by atoms with E-state index >= 15 is 0 Å². The number of likely N-dealkylation sites (tertiary alicyclic amines) is 1. The molecule has 2 aliphatic heterocycles. The van der Waals surface area contributed by atoms with Crippen molar-refractivity contribution in [3.63, 3.8) is 0 Å². The fraction of sp³-hybridized carbons (Fsp3) is 0.708. The van der Waals surface area contributed by atoms with Crippen LogP contribution in [-0.2, 0) is 44.9 Å². The molecule has 0 aromatic heterocycles. The summed E-state index contributed by atoms with van der Waals surface area (Å²) >= 11 is 0. The van der Waals surface area contributed by atoms with Gasteiger partial charge in [0, 0.05) is 37.8 Å². The number of hydrogen-bond donors (Lipinski definition) is 1. The number of aliphatic hydroxyl groups excluding tert-OH is 1. The van der Waals surface area contributed by atoms with E-state index in [1.807, 2.05) is 0 Å². The van der Waals surface area contributed by atoms with Crippen molar-refractivity contribution in [3.05, 3.63) is 26.2 Å². The molecule has 186 valence electrons. The molecule has 1 N–H and O–H groups in total. The van der Waals surface area contributed by atoms with Gasteiger partial charge in [-0.05, 0) is 17.9 Å². The van der Waals surface area contributed by atoms with E-state index in [9.17, 15) is 14.4 Å². The molecule has 1 saturated carbocycles. The van der Waals surface area contributed by atoms with Crippen molar-refractivity contribution < 1.29 is 51.4 Å². The van der Waals surface area contributed by atoms with Gasteiger partial charge < -0.3 is 22.0 Å². The second kappa shape index (κ2) is 17.6. The van der Waals surface area contributed by atoms with Crippen molar-refractivity contribution in [1.29, 1.82) is 0 Å². The second-order valence-electron chi connectivity index (χ2n) is 8.52. The summed E-state index contributed by atoms with van der Waals surface area (Å²) in [5.74, 6) is 0.511. The van der Waals surface area contributed by atoms with Crippen LogP contribution in [0.4, 0.5) is 0 Å². The summed E-state index contributed by atoms with van der Waals surface area (Å²) in [6, 6.07) is 0. The van der Waals surface area contributed by atoms with Crippen LogP contribution in [0.15, 0.2) is 12.2 Å². The monoisotopic (exact) mass is 626 g/mol. The van der Waals surface area contributed by atoms with E-state index in [0.29, 0.717) is 11.3 Å². The molecule has 7 nitrogen and oxygen atoms in total. The van der Waals surface area contributed by atoms with Crippen molar-refractivity contribution in [1.82, 2.24) is 4.90 Å². The van der Waals surface area contributed by atoms with Crippen LogP contribution < -0.4 is 0 Å². The molecule has 1 aliphatic carbocycles. The van der Waals surface area contributed by atoms with Crippen LogP contribution in [0.5, 0.6) is 0 Å². The maximum atomic E-state index is 11.0. The Hall–Kier alpha value is -0.882. The first kappa shape index (κ1) is 33.3. The van der Waals surface area contributed by atoms with Crippen LogP contribution >= 0.6 is 0 Å². The maximum Gasteiger partial charge on any atom is 2.00 e. The Balaban J connectivity index is -0.000000369. The SMILES string of the molecule is C=C1CC(CC)CC1=O.CC1C(=O)N(C)C(=O)C1C.COCC1(C)COC1.C[CH-]O.[2H][CH2-].[W+2]. The van der Waals surface area contributed by atoms with Gasteiger partial charge in [0.05, 0.1) is 19.8 Å². The quantitative estimate of drug-likeness (QED) is 0.291.